The number of piperazine rings is 1. The maximum Gasteiger partial charge on any atom is 0.237 e. The van der Waals surface area contributed by atoms with Crippen LogP contribution < -0.4 is 5.32 Å². The number of H-pyrrole nitrogens is 1. The van der Waals surface area contributed by atoms with Crippen molar-refractivity contribution in [2.75, 3.05) is 33.2 Å². The summed E-state index contributed by atoms with van der Waals surface area (Å²) in [4.78, 5) is 28.9. The number of likely N-dealkylation sites (N-methyl/N-ethyl adjacent to an activating group) is 1. The van der Waals surface area contributed by atoms with Crippen LogP contribution in [0.5, 0.6) is 0 Å². The van der Waals surface area contributed by atoms with Gasteiger partial charge in [-0.1, -0.05) is 30.3 Å². The third-order valence-corrected chi connectivity index (χ3v) is 5.28. The lowest BCUT2D eigenvalue weighted by atomic mass is 10.1. The number of aromatic amines is 1. The van der Waals surface area contributed by atoms with Gasteiger partial charge in [0.05, 0.1) is 18.7 Å². The van der Waals surface area contributed by atoms with Gasteiger partial charge in [0.25, 0.3) is 0 Å². The highest BCUT2D eigenvalue weighted by atomic mass is 16.2. The maximum atomic E-state index is 12.7. The number of benzene rings is 1. The molecule has 1 aliphatic rings. The molecule has 0 bridgehead atoms. The number of hydrogen-bond donors (Lipinski definition) is 2. The average molecular weight is 383 g/mol. The number of aryl methyl sites for hydroxylation is 1. The first-order valence-corrected chi connectivity index (χ1v) is 9.91. The molecule has 28 heavy (non-hydrogen) atoms. The van der Waals surface area contributed by atoms with Gasteiger partial charge in [-0.25, -0.2) is 0 Å². The van der Waals surface area contributed by atoms with E-state index in [1.54, 1.807) is 18.1 Å². The second-order valence-electron chi connectivity index (χ2n) is 7.31. The lowest BCUT2D eigenvalue weighted by molar-refractivity contribution is -0.138. The van der Waals surface area contributed by atoms with Crippen molar-refractivity contribution in [2.45, 2.75) is 31.7 Å². The van der Waals surface area contributed by atoms with Crippen LogP contribution in [0.3, 0.4) is 0 Å². The van der Waals surface area contributed by atoms with E-state index in [4.69, 9.17) is 0 Å². The Morgan fingerprint density at radius 2 is 2.07 bits per heavy atom. The molecule has 2 heterocycles. The molecule has 1 aliphatic heterocycles. The molecule has 0 spiro atoms. The number of nitrogens with one attached hydrogen (secondary N) is 2. The Balaban J connectivity index is 1.49. The molecule has 0 aliphatic carbocycles. The van der Waals surface area contributed by atoms with Crippen molar-refractivity contribution in [1.82, 2.24) is 25.3 Å². The maximum absolute atomic E-state index is 12.7. The van der Waals surface area contributed by atoms with Gasteiger partial charge in [-0.15, -0.1) is 0 Å². The van der Waals surface area contributed by atoms with E-state index in [1.165, 1.54) is 5.56 Å². The predicted octanol–water partition coefficient (Wildman–Crippen LogP) is 1.23. The van der Waals surface area contributed by atoms with Gasteiger partial charge in [0, 0.05) is 32.9 Å². The number of aromatic nitrogens is 2. The summed E-state index contributed by atoms with van der Waals surface area (Å²) in [5.41, 5.74) is 2.37. The zero-order valence-corrected chi connectivity index (χ0v) is 16.4. The van der Waals surface area contributed by atoms with Gasteiger partial charge in [-0.2, -0.15) is 5.10 Å². The Morgan fingerprint density at radius 1 is 1.25 bits per heavy atom. The van der Waals surface area contributed by atoms with Crippen LogP contribution in [-0.2, 0) is 22.4 Å². The van der Waals surface area contributed by atoms with E-state index in [9.17, 15) is 9.59 Å². The largest absolute Gasteiger partial charge is 0.353 e. The lowest BCUT2D eigenvalue weighted by Gasteiger charge is -2.35. The second kappa shape index (κ2) is 10.0. The molecule has 3 rings (SSSR count). The molecule has 0 saturated carbocycles. The van der Waals surface area contributed by atoms with Gasteiger partial charge in [0.15, 0.2) is 0 Å². The van der Waals surface area contributed by atoms with Crippen LogP contribution in [0.2, 0.25) is 0 Å². The van der Waals surface area contributed by atoms with Gasteiger partial charge in [0.1, 0.15) is 0 Å². The minimum Gasteiger partial charge on any atom is -0.353 e. The van der Waals surface area contributed by atoms with Crippen LogP contribution in [-0.4, -0.2) is 71.1 Å². The number of carbonyl (C=O) groups excluding carboxylic acids is 2. The molecule has 2 aromatic rings. The van der Waals surface area contributed by atoms with Crippen LogP contribution in [0, 0.1) is 0 Å². The summed E-state index contributed by atoms with van der Waals surface area (Å²) in [6, 6.07) is 9.98. The van der Waals surface area contributed by atoms with E-state index in [2.05, 4.69) is 32.5 Å². The fraction of sp³-hybridized carbons (Fsp3) is 0.476. The minimum atomic E-state index is -0.381. The molecule has 1 saturated heterocycles. The first-order chi connectivity index (χ1) is 13.6. The highest BCUT2D eigenvalue weighted by molar-refractivity contribution is 5.88. The number of rotatable bonds is 9. The van der Waals surface area contributed by atoms with Crippen molar-refractivity contribution in [2.24, 2.45) is 0 Å². The smallest absolute Gasteiger partial charge is 0.237 e. The van der Waals surface area contributed by atoms with E-state index < -0.39 is 0 Å². The molecule has 150 valence electrons. The van der Waals surface area contributed by atoms with Crippen LogP contribution in [0.15, 0.2) is 42.7 Å². The second-order valence-corrected chi connectivity index (χ2v) is 7.31. The van der Waals surface area contributed by atoms with Gasteiger partial charge < -0.3 is 10.2 Å². The van der Waals surface area contributed by atoms with Gasteiger partial charge in [-0.05, 0) is 36.9 Å². The fourth-order valence-electron chi connectivity index (χ4n) is 3.54. The zero-order chi connectivity index (χ0) is 19.8. The monoisotopic (exact) mass is 383 g/mol. The highest BCUT2D eigenvalue weighted by Crippen LogP contribution is 2.13. The molecular formula is C21H29N5O2. The highest BCUT2D eigenvalue weighted by Gasteiger charge is 2.31. The minimum absolute atomic E-state index is 0.00129. The molecule has 7 heteroatoms. The van der Waals surface area contributed by atoms with Crippen molar-refractivity contribution in [3.05, 3.63) is 53.9 Å². The van der Waals surface area contributed by atoms with E-state index in [0.717, 1.165) is 37.9 Å². The standard InChI is InChI=1S/C21H29N5O2/c1-25(12-9-18-15-23-24-16-18)20(27)14-19-21(28)22-10-13-26(19)11-5-8-17-6-3-2-4-7-17/h2-4,6-7,15-16,19H,5,8-14H2,1H3,(H,22,28)(H,23,24)/t19-/m0/s1. The molecule has 1 fully saturated rings. The average Bonchev–Trinajstić information content (AvgIpc) is 3.23. The molecule has 1 aromatic heterocycles. The quantitative estimate of drug-likeness (QED) is 0.683. The molecule has 1 aromatic carbocycles. The van der Waals surface area contributed by atoms with Gasteiger partial charge in [-0.3, -0.25) is 19.6 Å². The Morgan fingerprint density at radius 3 is 2.82 bits per heavy atom. The Kier molecular flexibility index (Phi) is 7.19. The van der Waals surface area contributed by atoms with E-state index in [-0.39, 0.29) is 24.3 Å². The van der Waals surface area contributed by atoms with Crippen molar-refractivity contribution in [3.8, 4) is 0 Å². The number of amides is 2. The number of hydrogen-bond acceptors (Lipinski definition) is 4. The van der Waals surface area contributed by atoms with Crippen LogP contribution in [0.1, 0.15) is 24.0 Å². The SMILES string of the molecule is CN(CCc1cn[nH]c1)C(=O)C[C@H]1C(=O)NCCN1CCCc1ccccc1. The Hall–Kier alpha value is -2.67. The third kappa shape index (κ3) is 5.66. The van der Waals surface area contributed by atoms with E-state index in [1.807, 2.05) is 24.4 Å². The van der Waals surface area contributed by atoms with E-state index in [0.29, 0.717) is 13.1 Å². The fourth-order valence-corrected chi connectivity index (χ4v) is 3.54. The summed E-state index contributed by atoms with van der Waals surface area (Å²) >= 11 is 0. The van der Waals surface area contributed by atoms with Crippen molar-refractivity contribution in [1.29, 1.82) is 0 Å². The predicted molar refractivity (Wildman–Crippen MR) is 108 cm³/mol. The Labute approximate surface area is 166 Å². The van der Waals surface area contributed by atoms with Crippen molar-refractivity contribution < 1.29 is 9.59 Å². The molecule has 7 nitrogen and oxygen atoms in total. The summed E-state index contributed by atoms with van der Waals surface area (Å²) in [5, 5.41) is 9.60. The summed E-state index contributed by atoms with van der Waals surface area (Å²) < 4.78 is 0. The van der Waals surface area contributed by atoms with Crippen molar-refractivity contribution >= 4 is 11.8 Å². The molecule has 2 amide bonds. The third-order valence-electron chi connectivity index (χ3n) is 5.28. The summed E-state index contributed by atoms with van der Waals surface area (Å²) in [5.74, 6) is -0.0406. The summed E-state index contributed by atoms with van der Waals surface area (Å²) in [6.07, 6.45) is 6.51. The van der Waals surface area contributed by atoms with Gasteiger partial charge in [0.2, 0.25) is 11.8 Å². The lowest BCUT2D eigenvalue weighted by Crippen LogP contribution is -2.56. The summed E-state index contributed by atoms with van der Waals surface area (Å²) in [7, 11) is 1.79. The van der Waals surface area contributed by atoms with Crippen LogP contribution in [0.4, 0.5) is 0 Å². The topological polar surface area (TPSA) is 81.3 Å². The molecule has 0 unspecified atom stereocenters. The normalized spacial score (nSPS) is 17.3. The zero-order valence-electron chi connectivity index (χ0n) is 16.4. The van der Waals surface area contributed by atoms with Crippen LogP contribution in [0.25, 0.3) is 0 Å². The molecule has 2 N–H and O–H groups in total. The molecule has 0 radical (unpaired) electrons. The van der Waals surface area contributed by atoms with E-state index >= 15 is 0 Å². The molecule has 1 atom stereocenters. The van der Waals surface area contributed by atoms with Crippen molar-refractivity contribution in [3.63, 3.8) is 0 Å². The number of nitrogens with zero attached hydrogens (tertiary/aromatic N) is 3. The first kappa shape index (κ1) is 20.1. The molecular weight excluding hydrogens is 354 g/mol. The number of carbonyl (C=O) groups is 2. The summed E-state index contributed by atoms with van der Waals surface area (Å²) in [6.45, 7) is 2.86. The Bertz CT molecular complexity index is 747. The van der Waals surface area contributed by atoms with Gasteiger partial charge >= 0.3 is 0 Å². The van der Waals surface area contributed by atoms with Crippen LogP contribution >= 0.6 is 0 Å². The first-order valence-electron chi connectivity index (χ1n) is 9.91.